The molecule has 8 nitrogen and oxygen atoms in total. The molecule has 2 aromatic carbocycles. The predicted molar refractivity (Wildman–Crippen MR) is 99.6 cm³/mol. The van der Waals surface area contributed by atoms with Crippen LogP contribution >= 0.6 is 0 Å². The number of para-hydroxylation sites is 2. The van der Waals surface area contributed by atoms with Gasteiger partial charge in [-0.3, -0.25) is 5.43 Å². The molecule has 2 amide bonds. The van der Waals surface area contributed by atoms with Gasteiger partial charge in [0.05, 0.1) is 19.9 Å². The number of esters is 2. The number of amides is 2. The Kier molecular flexibility index (Phi) is 6.95. The van der Waals surface area contributed by atoms with Gasteiger partial charge < -0.3 is 14.8 Å². The van der Waals surface area contributed by atoms with Gasteiger partial charge in [-0.1, -0.05) is 36.4 Å². The van der Waals surface area contributed by atoms with Gasteiger partial charge in [0.25, 0.3) is 0 Å². The van der Waals surface area contributed by atoms with E-state index in [0.29, 0.717) is 11.4 Å². The lowest BCUT2D eigenvalue weighted by Gasteiger charge is -2.23. The molecule has 0 aliphatic carbocycles. The second kappa shape index (κ2) is 9.62. The molecule has 0 bridgehead atoms. The zero-order valence-corrected chi connectivity index (χ0v) is 14.8. The zero-order valence-electron chi connectivity index (χ0n) is 14.8. The van der Waals surface area contributed by atoms with Crippen molar-refractivity contribution in [2.24, 2.45) is 0 Å². The molecule has 0 aliphatic rings. The molecule has 0 saturated carbocycles. The normalized spacial score (nSPS) is 9.56. The van der Waals surface area contributed by atoms with E-state index in [2.05, 4.69) is 20.2 Å². The maximum atomic E-state index is 12.7. The van der Waals surface area contributed by atoms with E-state index in [4.69, 9.17) is 0 Å². The first kappa shape index (κ1) is 19.5. The van der Waals surface area contributed by atoms with Crippen LogP contribution in [0.1, 0.15) is 0 Å². The Balaban J connectivity index is 2.30. The van der Waals surface area contributed by atoms with E-state index in [9.17, 15) is 14.4 Å². The highest BCUT2D eigenvalue weighted by Gasteiger charge is 2.22. The van der Waals surface area contributed by atoms with Gasteiger partial charge in [-0.05, 0) is 24.3 Å². The van der Waals surface area contributed by atoms with Crippen LogP contribution in [0.15, 0.2) is 72.4 Å². The average Bonchev–Trinajstić information content (AvgIpc) is 2.71. The van der Waals surface area contributed by atoms with E-state index < -0.39 is 23.5 Å². The Hall–Kier alpha value is -3.81. The van der Waals surface area contributed by atoms with Crippen LogP contribution in [0.2, 0.25) is 0 Å². The lowest BCUT2D eigenvalue weighted by molar-refractivity contribution is -0.144. The van der Waals surface area contributed by atoms with E-state index >= 15 is 0 Å². The Morgan fingerprint density at radius 3 is 1.89 bits per heavy atom. The highest BCUT2D eigenvalue weighted by molar-refractivity contribution is 6.14. The molecule has 0 aromatic heterocycles. The molecule has 8 heteroatoms. The minimum atomic E-state index is -0.897. The van der Waals surface area contributed by atoms with E-state index in [1.54, 1.807) is 54.6 Å². The molecule has 0 heterocycles. The number of carbonyl (C=O) groups is 3. The van der Waals surface area contributed by atoms with Crippen LogP contribution in [0.3, 0.4) is 0 Å². The van der Waals surface area contributed by atoms with Crippen LogP contribution in [0.4, 0.5) is 16.2 Å². The van der Waals surface area contributed by atoms with Crippen molar-refractivity contribution in [1.82, 2.24) is 5.43 Å². The largest absolute Gasteiger partial charge is 0.465 e. The molecular weight excluding hydrogens is 350 g/mol. The van der Waals surface area contributed by atoms with Gasteiger partial charge in [-0.15, -0.1) is 0 Å². The van der Waals surface area contributed by atoms with Gasteiger partial charge in [-0.25, -0.2) is 19.4 Å². The molecular formula is C19H19N3O5. The number of hydrogen-bond donors (Lipinski definition) is 2. The zero-order chi connectivity index (χ0) is 19.6. The summed E-state index contributed by atoms with van der Waals surface area (Å²) in [6.45, 7) is 0. The highest BCUT2D eigenvalue weighted by Crippen LogP contribution is 2.14. The van der Waals surface area contributed by atoms with E-state index in [-0.39, 0.29) is 0 Å². The molecule has 2 rings (SSSR count). The monoisotopic (exact) mass is 369 g/mol. The van der Waals surface area contributed by atoms with Crippen molar-refractivity contribution in [2.45, 2.75) is 0 Å². The SMILES string of the molecule is COC(=O)C(=CNN(C(=O)Nc1ccccc1)c1ccccc1)C(=O)OC. The third-order valence-corrected chi connectivity index (χ3v) is 3.39. The third-order valence-electron chi connectivity index (χ3n) is 3.39. The second-order valence-corrected chi connectivity index (χ2v) is 5.14. The summed E-state index contributed by atoms with van der Waals surface area (Å²) in [6, 6.07) is 16.9. The van der Waals surface area contributed by atoms with E-state index in [1.165, 1.54) is 0 Å². The van der Waals surface area contributed by atoms with Gasteiger partial charge in [0, 0.05) is 11.9 Å². The number of rotatable bonds is 6. The summed E-state index contributed by atoms with van der Waals surface area (Å²) in [7, 11) is 2.27. The molecule has 0 spiro atoms. The number of carbonyl (C=O) groups excluding carboxylic acids is 3. The molecule has 2 aromatic rings. The van der Waals surface area contributed by atoms with E-state index in [0.717, 1.165) is 25.4 Å². The summed E-state index contributed by atoms with van der Waals surface area (Å²) in [5.74, 6) is -1.79. The number of nitrogens with zero attached hydrogens (tertiary/aromatic N) is 1. The number of hydrogen-bond acceptors (Lipinski definition) is 6. The molecule has 27 heavy (non-hydrogen) atoms. The van der Waals surface area contributed by atoms with Crippen molar-refractivity contribution in [3.63, 3.8) is 0 Å². The van der Waals surface area contributed by atoms with Crippen LogP contribution in [-0.4, -0.2) is 32.2 Å². The van der Waals surface area contributed by atoms with Crippen molar-refractivity contribution >= 4 is 29.3 Å². The molecule has 0 saturated heterocycles. The quantitative estimate of drug-likeness (QED) is 0.267. The lowest BCUT2D eigenvalue weighted by Crippen LogP contribution is -2.43. The molecule has 0 aliphatic heterocycles. The molecule has 0 fully saturated rings. The predicted octanol–water partition coefficient (Wildman–Crippen LogP) is 2.46. The Bertz CT molecular complexity index is 804. The second-order valence-electron chi connectivity index (χ2n) is 5.14. The van der Waals surface area contributed by atoms with Crippen LogP contribution in [0, 0.1) is 0 Å². The minimum Gasteiger partial charge on any atom is -0.465 e. The average molecular weight is 369 g/mol. The standard InChI is InChI=1S/C19H19N3O5/c1-26-17(23)16(18(24)27-2)13-20-22(15-11-7-4-8-12-15)19(25)21-14-9-5-3-6-10-14/h3-13,20H,1-2H3,(H,21,25). The number of ether oxygens (including phenoxy) is 2. The fourth-order valence-electron chi connectivity index (χ4n) is 2.08. The molecule has 0 radical (unpaired) electrons. The van der Waals surface area contributed by atoms with Crippen molar-refractivity contribution in [2.75, 3.05) is 24.5 Å². The number of benzene rings is 2. The molecule has 140 valence electrons. The fourth-order valence-corrected chi connectivity index (χ4v) is 2.08. The summed E-state index contributed by atoms with van der Waals surface area (Å²) < 4.78 is 9.12. The minimum absolute atomic E-state index is 0.395. The maximum absolute atomic E-state index is 12.7. The molecule has 0 atom stereocenters. The smallest absolute Gasteiger partial charge is 0.346 e. The van der Waals surface area contributed by atoms with Crippen molar-refractivity contribution in [3.8, 4) is 0 Å². The first-order valence-electron chi connectivity index (χ1n) is 7.91. The van der Waals surface area contributed by atoms with E-state index in [1.807, 2.05) is 6.07 Å². The number of anilines is 2. The van der Waals surface area contributed by atoms with Crippen LogP contribution in [0.25, 0.3) is 0 Å². The van der Waals surface area contributed by atoms with Gasteiger partial charge >= 0.3 is 18.0 Å². The van der Waals surface area contributed by atoms with Crippen LogP contribution in [0.5, 0.6) is 0 Å². The van der Waals surface area contributed by atoms with Crippen LogP contribution < -0.4 is 15.8 Å². The van der Waals surface area contributed by atoms with Crippen molar-refractivity contribution in [3.05, 3.63) is 72.4 Å². The summed E-state index contributed by atoms with van der Waals surface area (Å²) in [4.78, 5) is 36.2. The highest BCUT2D eigenvalue weighted by atomic mass is 16.5. The third kappa shape index (κ3) is 5.33. The maximum Gasteiger partial charge on any atom is 0.346 e. The summed E-state index contributed by atoms with van der Waals surface area (Å²) in [6.07, 6.45) is 1.05. The first-order valence-corrected chi connectivity index (χ1v) is 7.91. The van der Waals surface area contributed by atoms with Crippen LogP contribution in [-0.2, 0) is 19.1 Å². The topological polar surface area (TPSA) is 97.0 Å². The first-order chi connectivity index (χ1) is 13.1. The van der Waals surface area contributed by atoms with Gasteiger partial charge in [0.1, 0.15) is 0 Å². The van der Waals surface area contributed by atoms with Crippen molar-refractivity contribution in [1.29, 1.82) is 0 Å². The van der Waals surface area contributed by atoms with Gasteiger partial charge in [-0.2, -0.15) is 0 Å². The summed E-state index contributed by atoms with van der Waals surface area (Å²) in [5.41, 5.74) is 3.31. The Labute approximate surface area is 156 Å². The molecule has 2 N–H and O–H groups in total. The number of methoxy groups -OCH3 is 2. The number of hydrazine groups is 1. The summed E-state index contributed by atoms with van der Waals surface area (Å²) in [5, 5.41) is 3.85. The Morgan fingerprint density at radius 1 is 0.852 bits per heavy atom. The Morgan fingerprint density at radius 2 is 1.37 bits per heavy atom. The number of urea groups is 1. The van der Waals surface area contributed by atoms with Gasteiger partial charge in [0.15, 0.2) is 5.57 Å². The summed E-state index contributed by atoms with van der Waals surface area (Å²) >= 11 is 0. The lowest BCUT2D eigenvalue weighted by atomic mass is 10.3. The molecule has 0 unspecified atom stereocenters. The fraction of sp³-hybridized carbons (Fsp3) is 0.105. The van der Waals surface area contributed by atoms with Crippen molar-refractivity contribution < 1.29 is 23.9 Å². The number of nitrogens with one attached hydrogen (secondary N) is 2. The van der Waals surface area contributed by atoms with Gasteiger partial charge in [0.2, 0.25) is 0 Å².